The molecule has 0 aromatic heterocycles. The van der Waals surface area contributed by atoms with Gasteiger partial charge >= 0.3 is 12.1 Å². The van der Waals surface area contributed by atoms with E-state index in [-0.39, 0.29) is 5.92 Å². The van der Waals surface area contributed by atoms with Gasteiger partial charge in [-0.1, -0.05) is 44.2 Å². The fraction of sp³-hybridized carbons (Fsp3) is 0.458. The number of piperidine rings is 1. The van der Waals surface area contributed by atoms with Crippen LogP contribution in [0.25, 0.3) is 11.1 Å². The highest BCUT2D eigenvalue weighted by molar-refractivity contribution is 5.77. The lowest BCUT2D eigenvalue weighted by Crippen LogP contribution is -2.26. The van der Waals surface area contributed by atoms with Crippen LogP contribution in [0, 0.1) is 5.92 Å². The molecule has 1 aliphatic rings. The van der Waals surface area contributed by atoms with E-state index in [1.54, 1.807) is 0 Å². The molecule has 2 aromatic rings. The number of hydrogen-bond acceptors (Lipinski definition) is 2. The molecule has 1 unspecified atom stereocenters. The van der Waals surface area contributed by atoms with Crippen molar-refractivity contribution in [2.75, 3.05) is 13.1 Å². The largest absolute Gasteiger partial charge is 0.481 e. The van der Waals surface area contributed by atoms with E-state index in [1.807, 2.05) is 32.0 Å². The number of carboxylic acid groups (broad SMARTS) is 1. The third-order valence-corrected chi connectivity index (χ3v) is 5.74. The van der Waals surface area contributed by atoms with Gasteiger partial charge in [-0.25, -0.2) is 0 Å². The highest BCUT2D eigenvalue weighted by atomic mass is 19.4. The van der Waals surface area contributed by atoms with E-state index in [4.69, 9.17) is 0 Å². The van der Waals surface area contributed by atoms with Crippen molar-refractivity contribution in [3.63, 3.8) is 0 Å². The van der Waals surface area contributed by atoms with Crippen LogP contribution in [0.15, 0.2) is 42.5 Å². The van der Waals surface area contributed by atoms with Crippen LogP contribution in [0.4, 0.5) is 13.2 Å². The molecule has 162 valence electrons. The van der Waals surface area contributed by atoms with E-state index in [0.717, 1.165) is 54.8 Å². The molecular formula is C24H28F3NO2. The Morgan fingerprint density at radius 3 is 2.23 bits per heavy atom. The first-order valence-corrected chi connectivity index (χ1v) is 10.4. The number of hydrogen-bond donors (Lipinski definition) is 2. The van der Waals surface area contributed by atoms with Gasteiger partial charge in [0.25, 0.3) is 0 Å². The van der Waals surface area contributed by atoms with E-state index < -0.39 is 23.6 Å². The number of benzene rings is 2. The van der Waals surface area contributed by atoms with Crippen LogP contribution in [-0.4, -0.2) is 24.2 Å². The average Bonchev–Trinajstić information content (AvgIpc) is 2.71. The molecule has 3 rings (SSSR count). The molecule has 0 radical (unpaired) electrons. The molecule has 1 heterocycles. The lowest BCUT2D eigenvalue weighted by molar-refractivity contribution is -0.139. The second-order valence-corrected chi connectivity index (χ2v) is 8.51. The Morgan fingerprint density at radius 1 is 1.07 bits per heavy atom. The van der Waals surface area contributed by atoms with Gasteiger partial charge in [-0.3, -0.25) is 4.79 Å². The lowest BCUT2D eigenvalue weighted by Gasteiger charge is -2.25. The number of halogens is 3. The summed E-state index contributed by atoms with van der Waals surface area (Å²) in [5.41, 5.74) is 2.53. The van der Waals surface area contributed by atoms with Gasteiger partial charge in [0, 0.05) is 0 Å². The summed E-state index contributed by atoms with van der Waals surface area (Å²) in [6.07, 6.45) is -1.96. The molecule has 1 saturated heterocycles. The third kappa shape index (κ3) is 5.42. The highest BCUT2D eigenvalue weighted by Gasteiger charge is 2.30. The molecule has 1 atom stereocenters. The van der Waals surface area contributed by atoms with Gasteiger partial charge in [0.1, 0.15) is 0 Å². The summed E-state index contributed by atoms with van der Waals surface area (Å²) in [5.74, 6) is -0.986. The molecule has 30 heavy (non-hydrogen) atoms. The van der Waals surface area contributed by atoms with Crippen LogP contribution < -0.4 is 5.32 Å². The topological polar surface area (TPSA) is 49.3 Å². The standard InChI is InChI=1S/C24H28F3NO2/c1-15(2)11-22(23(29)30)20-13-18(12-19(14-20)17-7-9-28-10-8-17)16-3-5-21(6-4-16)24(25,26)27/h3-6,12-15,17,22,28H,7-11H2,1-2H3,(H,29,30). The molecule has 2 aromatic carbocycles. The monoisotopic (exact) mass is 419 g/mol. The van der Waals surface area contributed by atoms with E-state index in [2.05, 4.69) is 5.32 Å². The SMILES string of the molecule is CC(C)CC(C(=O)O)c1cc(-c2ccc(C(F)(F)F)cc2)cc(C2CCNCC2)c1. The van der Waals surface area contributed by atoms with Crippen molar-refractivity contribution in [2.45, 2.75) is 51.1 Å². The van der Waals surface area contributed by atoms with Gasteiger partial charge in [-0.2, -0.15) is 13.2 Å². The van der Waals surface area contributed by atoms with Gasteiger partial charge < -0.3 is 10.4 Å². The quantitative estimate of drug-likeness (QED) is 0.599. The number of aliphatic carboxylic acids is 1. The van der Waals surface area contributed by atoms with Crippen molar-refractivity contribution in [3.8, 4) is 11.1 Å². The molecule has 6 heteroatoms. The molecule has 3 nitrogen and oxygen atoms in total. The number of carboxylic acids is 1. The summed E-state index contributed by atoms with van der Waals surface area (Å²) in [6.45, 7) is 5.78. The Hall–Kier alpha value is -2.34. The first-order valence-electron chi connectivity index (χ1n) is 10.4. The molecule has 1 aliphatic heterocycles. The van der Waals surface area contributed by atoms with E-state index >= 15 is 0 Å². The summed E-state index contributed by atoms with van der Waals surface area (Å²) in [4.78, 5) is 12.0. The van der Waals surface area contributed by atoms with Crippen LogP contribution in [0.2, 0.25) is 0 Å². The van der Waals surface area contributed by atoms with Crippen molar-refractivity contribution < 1.29 is 23.1 Å². The van der Waals surface area contributed by atoms with E-state index in [9.17, 15) is 23.1 Å². The number of alkyl halides is 3. The van der Waals surface area contributed by atoms with Crippen molar-refractivity contribution in [1.29, 1.82) is 0 Å². The highest BCUT2D eigenvalue weighted by Crippen LogP contribution is 2.36. The normalized spacial score (nSPS) is 16.6. The smallest absolute Gasteiger partial charge is 0.416 e. The second-order valence-electron chi connectivity index (χ2n) is 8.51. The Balaban J connectivity index is 2.06. The predicted octanol–water partition coefficient (Wildman–Crippen LogP) is 6.05. The van der Waals surface area contributed by atoms with Gasteiger partial charge in [0.15, 0.2) is 0 Å². The maximum atomic E-state index is 12.9. The molecular weight excluding hydrogens is 391 g/mol. The second kappa shape index (κ2) is 9.21. The zero-order chi connectivity index (χ0) is 21.9. The predicted molar refractivity (Wildman–Crippen MR) is 112 cm³/mol. The van der Waals surface area contributed by atoms with Crippen molar-refractivity contribution >= 4 is 5.97 Å². The van der Waals surface area contributed by atoms with Crippen molar-refractivity contribution in [2.24, 2.45) is 5.92 Å². The Kier molecular flexibility index (Phi) is 6.86. The number of nitrogens with one attached hydrogen (secondary N) is 1. The molecule has 0 aliphatic carbocycles. The Labute approximate surface area is 175 Å². The molecule has 0 amide bonds. The molecule has 0 bridgehead atoms. The maximum Gasteiger partial charge on any atom is 0.416 e. The molecule has 2 N–H and O–H groups in total. The van der Waals surface area contributed by atoms with Crippen LogP contribution in [-0.2, 0) is 11.0 Å². The minimum atomic E-state index is -4.38. The van der Waals surface area contributed by atoms with Gasteiger partial charge in [0.05, 0.1) is 11.5 Å². The summed E-state index contributed by atoms with van der Waals surface area (Å²) in [7, 11) is 0. The van der Waals surface area contributed by atoms with Gasteiger partial charge in [-0.05, 0) is 78.6 Å². The van der Waals surface area contributed by atoms with Crippen LogP contribution >= 0.6 is 0 Å². The first-order chi connectivity index (χ1) is 14.1. The van der Waals surface area contributed by atoms with Crippen LogP contribution in [0.5, 0.6) is 0 Å². The lowest BCUT2D eigenvalue weighted by atomic mass is 9.83. The molecule has 0 spiro atoms. The van der Waals surface area contributed by atoms with Gasteiger partial charge in [-0.15, -0.1) is 0 Å². The van der Waals surface area contributed by atoms with Crippen LogP contribution in [0.1, 0.15) is 61.6 Å². The number of rotatable bonds is 6. The maximum absolute atomic E-state index is 12.9. The summed E-state index contributed by atoms with van der Waals surface area (Å²) >= 11 is 0. The Morgan fingerprint density at radius 2 is 1.70 bits per heavy atom. The minimum Gasteiger partial charge on any atom is -0.481 e. The van der Waals surface area contributed by atoms with E-state index in [1.165, 1.54) is 12.1 Å². The van der Waals surface area contributed by atoms with Gasteiger partial charge in [0.2, 0.25) is 0 Å². The Bertz CT molecular complexity index is 869. The number of carbonyl (C=O) groups is 1. The summed E-state index contributed by atoms with van der Waals surface area (Å²) < 4.78 is 38.8. The average molecular weight is 419 g/mol. The van der Waals surface area contributed by atoms with Crippen LogP contribution in [0.3, 0.4) is 0 Å². The minimum absolute atomic E-state index is 0.211. The summed E-state index contributed by atoms with van der Waals surface area (Å²) in [6, 6.07) is 10.9. The zero-order valence-electron chi connectivity index (χ0n) is 17.3. The molecule has 1 fully saturated rings. The third-order valence-electron chi connectivity index (χ3n) is 5.74. The fourth-order valence-electron chi connectivity index (χ4n) is 4.14. The first kappa shape index (κ1) is 22.3. The summed E-state index contributed by atoms with van der Waals surface area (Å²) in [5, 5.41) is 13.2. The fourth-order valence-corrected chi connectivity index (χ4v) is 4.14. The van der Waals surface area contributed by atoms with Crippen molar-refractivity contribution in [1.82, 2.24) is 5.32 Å². The van der Waals surface area contributed by atoms with Crippen molar-refractivity contribution in [3.05, 3.63) is 59.2 Å². The molecule has 0 saturated carbocycles. The van der Waals surface area contributed by atoms with E-state index in [0.29, 0.717) is 17.9 Å². The zero-order valence-corrected chi connectivity index (χ0v) is 17.3.